The van der Waals surface area contributed by atoms with Gasteiger partial charge in [-0.25, -0.2) is 23.5 Å². The van der Waals surface area contributed by atoms with E-state index < -0.39 is 17.7 Å². The summed E-state index contributed by atoms with van der Waals surface area (Å²) < 4.78 is 32.2. The molecule has 0 saturated carbocycles. The van der Waals surface area contributed by atoms with Crippen LogP contribution >= 0.6 is 0 Å². The molecule has 2 aliphatic heterocycles. The van der Waals surface area contributed by atoms with Gasteiger partial charge in [-0.2, -0.15) is 0 Å². The average Bonchev–Trinajstić information content (AvgIpc) is 2.76. The highest BCUT2D eigenvalue weighted by Gasteiger charge is 2.24. The number of ether oxygens (including phenoxy) is 1. The first-order valence-electron chi connectivity index (χ1n) is 9.94. The van der Waals surface area contributed by atoms with Crippen LogP contribution < -0.4 is 15.1 Å². The molecule has 2 fully saturated rings. The van der Waals surface area contributed by atoms with E-state index in [4.69, 9.17) is 4.74 Å². The van der Waals surface area contributed by atoms with Crippen molar-refractivity contribution >= 4 is 23.4 Å². The van der Waals surface area contributed by atoms with Crippen molar-refractivity contribution in [2.75, 3.05) is 67.6 Å². The van der Waals surface area contributed by atoms with Gasteiger partial charge in [0.15, 0.2) is 0 Å². The highest BCUT2D eigenvalue weighted by molar-refractivity contribution is 5.89. The fourth-order valence-electron chi connectivity index (χ4n) is 3.58. The number of carbonyl (C=O) groups excluding carboxylic acids is 1. The highest BCUT2D eigenvalue weighted by atomic mass is 19.1. The van der Waals surface area contributed by atoms with Crippen LogP contribution in [-0.4, -0.2) is 73.4 Å². The van der Waals surface area contributed by atoms with E-state index in [1.165, 1.54) is 6.07 Å². The van der Waals surface area contributed by atoms with E-state index in [0.717, 1.165) is 36.9 Å². The lowest BCUT2D eigenvalue weighted by molar-refractivity contribution is 0.122. The number of morpholine rings is 1. The van der Waals surface area contributed by atoms with Crippen molar-refractivity contribution in [2.24, 2.45) is 0 Å². The summed E-state index contributed by atoms with van der Waals surface area (Å²) >= 11 is 0. The summed E-state index contributed by atoms with van der Waals surface area (Å²) in [6, 6.07) is 4.64. The molecule has 160 valence electrons. The minimum absolute atomic E-state index is 0.0367. The summed E-state index contributed by atoms with van der Waals surface area (Å²) in [6.45, 7) is 6.94. The quantitative estimate of drug-likeness (QED) is 0.824. The first-order chi connectivity index (χ1) is 14.5. The summed E-state index contributed by atoms with van der Waals surface area (Å²) in [7, 11) is 0. The van der Waals surface area contributed by atoms with Crippen molar-refractivity contribution in [2.45, 2.75) is 6.92 Å². The van der Waals surface area contributed by atoms with Crippen LogP contribution in [0.15, 0.2) is 24.3 Å². The lowest BCUT2D eigenvalue weighted by Crippen LogP contribution is -2.50. The maximum atomic E-state index is 13.8. The van der Waals surface area contributed by atoms with E-state index in [-0.39, 0.29) is 5.69 Å². The second kappa shape index (κ2) is 8.78. The maximum Gasteiger partial charge on any atom is 0.322 e. The predicted octanol–water partition coefficient (Wildman–Crippen LogP) is 2.25. The first-order valence-corrected chi connectivity index (χ1v) is 9.94. The molecular weight excluding hydrogens is 394 g/mol. The average molecular weight is 418 g/mol. The number of piperazine rings is 1. The Morgan fingerprint density at radius 2 is 1.60 bits per heavy atom. The topological polar surface area (TPSA) is 73.8 Å². The summed E-state index contributed by atoms with van der Waals surface area (Å²) in [5, 5.41) is 2.51. The van der Waals surface area contributed by atoms with E-state index in [9.17, 15) is 13.6 Å². The molecule has 3 heterocycles. The van der Waals surface area contributed by atoms with E-state index >= 15 is 0 Å². The van der Waals surface area contributed by atoms with Gasteiger partial charge in [0.25, 0.3) is 0 Å². The third-order valence-electron chi connectivity index (χ3n) is 5.21. The van der Waals surface area contributed by atoms with Gasteiger partial charge in [0, 0.05) is 51.4 Å². The van der Waals surface area contributed by atoms with Gasteiger partial charge in [0.05, 0.1) is 18.9 Å². The van der Waals surface area contributed by atoms with E-state index in [1.54, 1.807) is 4.90 Å². The monoisotopic (exact) mass is 418 g/mol. The van der Waals surface area contributed by atoms with Crippen molar-refractivity contribution < 1.29 is 18.3 Å². The van der Waals surface area contributed by atoms with Crippen molar-refractivity contribution in [3.05, 3.63) is 41.7 Å². The molecule has 0 atom stereocenters. The number of aryl methyl sites for hydroxylation is 1. The summed E-state index contributed by atoms with van der Waals surface area (Å²) in [5.41, 5.74) is -0.0367. The Morgan fingerprint density at radius 3 is 2.23 bits per heavy atom. The number of urea groups is 1. The van der Waals surface area contributed by atoms with Crippen molar-refractivity contribution in [1.82, 2.24) is 14.9 Å². The number of hydrogen-bond acceptors (Lipinski definition) is 6. The molecule has 1 aromatic heterocycles. The molecule has 0 aliphatic carbocycles. The molecule has 0 bridgehead atoms. The van der Waals surface area contributed by atoms with Crippen LogP contribution in [0.5, 0.6) is 0 Å². The lowest BCUT2D eigenvalue weighted by atomic mass is 10.3. The molecule has 1 N–H and O–H groups in total. The Kier molecular flexibility index (Phi) is 5.93. The standard InChI is InChI=1S/C20H24F2N6O2/c1-14-23-18(13-19(24-14)27-8-10-30-11-9-27)26-4-6-28(7-5-26)20(29)25-17-3-2-15(21)12-16(17)22/h2-3,12-13H,4-11H2,1H3,(H,25,29). The third-order valence-corrected chi connectivity index (χ3v) is 5.21. The van der Waals surface area contributed by atoms with Crippen molar-refractivity contribution in [1.29, 1.82) is 0 Å². The predicted molar refractivity (Wildman–Crippen MR) is 109 cm³/mol. The van der Waals surface area contributed by atoms with Crippen LogP contribution in [0.1, 0.15) is 5.82 Å². The molecule has 2 aromatic rings. The normalized spacial score (nSPS) is 17.2. The second-order valence-electron chi connectivity index (χ2n) is 7.26. The van der Waals surface area contributed by atoms with E-state index in [0.29, 0.717) is 45.2 Å². The fraction of sp³-hybridized carbons (Fsp3) is 0.450. The molecule has 2 saturated heterocycles. The summed E-state index contributed by atoms with van der Waals surface area (Å²) in [5.74, 6) is 0.923. The van der Waals surface area contributed by atoms with Crippen molar-refractivity contribution in [3.63, 3.8) is 0 Å². The molecule has 0 radical (unpaired) electrons. The Bertz CT molecular complexity index is 914. The van der Waals surface area contributed by atoms with Crippen molar-refractivity contribution in [3.8, 4) is 0 Å². The number of anilines is 3. The molecule has 2 aliphatic rings. The Hall–Kier alpha value is -3.01. The SMILES string of the molecule is Cc1nc(N2CCOCC2)cc(N2CCN(C(=O)Nc3ccc(F)cc3F)CC2)n1. The minimum Gasteiger partial charge on any atom is -0.378 e. The molecule has 10 heteroatoms. The Balaban J connectivity index is 1.38. The van der Waals surface area contributed by atoms with E-state index in [2.05, 4.69) is 25.1 Å². The Morgan fingerprint density at radius 1 is 0.967 bits per heavy atom. The van der Waals surface area contributed by atoms with Gasteiger partial charge < -0.3 is 24.8 Å². The molecular formula is C20H24F2N6O2. The fourth-order valence-corrected chi connectivity index (χ4v) is 3.58. The zero-order chi connectivity index (χ0) is 21.1. The molecule has 1 aromatic carbocycles. The summed E-state index contributed by atoms with van der Waals surface area (Å²) in [6.07, 6.45) is 0. The molecule has 2 amide bonds. The number of carbonyl (C=O) groups is 1. The van der Waals surface area contributed by atoms with Crippen LogP contribution in [0.25, 0.3) is 0 Å². The first kappa shape index (κ1) is 20.3. The van der Waals surface area contributed by atoms with E-state index in [1.807, 2.05) is 13.0 Å². The molecule has 0 spiro atoms. The summed E-state index contributed by atoms with van der Waals surface area (Å²) in [4.78, 5) is 27.5. The number of aromatic nitrogens is 2. The highest BCUT2D eigenvalue weighted by Crippen LogP contribution is 2.22. The largest absolute Gasteiger partial charge is 0.378 e. The number of halogens is 2. The molecule has 30 heavy (non-hydrogen) atoms. The third kappa shape index (κ3) is 4.59. The van der Waals surface area contributed by atoms with Gasteiger partial charge in [-0.3, -0.25) is 0 Å². The van der Waals surface area contributed by atoms with Crippen LogP contribution in [0, 0.1) is 18.6 Å². The van der Waals surface area contributed by atoms with Gasteiger partial charge >= 0.3 is 6.03 Å². The number of amides is 2. The number of nitrogens with zero attached hydrogens (tertiary/aromatic N) is 5. The van der Waals surface area contributed by atoms with Gasteiger partial charge in [-0.1, -0.05) is 0 Å². The van der Waals surface area contributed by atoms with Gasteiger partial charge in [-0.05, 0) is 19.1 Å². The lowest BCUT2D eigenvalue weighted by Gasteiger charge is -2.36. The van der Waals surface area contributed by atoms with Crippen LogP contribution in [0.2, 0.25) is 0 Å². The zero-order valence-corrected chi connectivity index (χ0v) is 16.8. The smallest absolute Gasteiger partial charge is 0.322 e. The van der Waals surface area contributed by atoms with Gasteiger partial charge in [0.1, 0.15) is 29.1 Å². The number of rotatable bonds is 3. The van der Waals surface area contributed by atoms with Crippen LogP contribution in [0.4, 0.5) is 30.9 Å². The minimum atomic E-state index is -0.797. The number of hydrogen-bond donors (Lipinski definition) is 1. The number of nitrogens with one attached hydrogen (secondary N) is 1. The second-order valence-corrected chi connectivity index (χ2v) is 7.26. The van der Waals surface area contributed by atoms with Crippen LogP contribution in [-0.2, 0) is 4.74 Å². The maximum absolute atomic E-state index is 13.8. The number of benzene rings is 1. The zero-order valence-electron chi connectivity index (χ0n) is 16.8. The molecule has 8 nitrogen and oxygen atoms in total. The van der Waals surface area contributed by atoms with Gasteiger partial charge in [0.2, 0.25) is 0 Å². The van der Waals surface area contributed by atoms with Crippen LogP contribution in [0.3, 0.4) is 0 Å². The Labute approximate surface area is 173 Å². The molecule has 4 rings (SSSR count). The van der Waals surface area contributed by atoms with Gasteiger partial charge in [-0.15, -0.1) is 0 Å². The molecule has 0 unspecified atom stereocenters.